The highest BCUT2D eigenvalue weighted by Gasteiger charge is 2.25. The number of amides is 2. The number of nitrogens with one attached hydrogen (secondary N) is 1. The Labute approximate surface area is 151 Å². The Morgan fingerprint density at radius 2 is 2.00 bits per heavy atom. The first-order valence-electron chi connectivity index (χ1n) is 9.64. The third kappa shape index (κ3) is 5.19. The van der Waals surface area contributed by atoms with Crippen molar-refractivity contribution < 1.29 is 9.53 Å². The van der Waals surface area contributed by atoms with E-state index in [4.69, 9.17) is 4.74 Å². The van der Waals surface area contributed by atoms with Gasteiger partial charge in [0.2, 0.25) is 0 Å². The summed E-state index contributed by atoms with van der Waals surface area (Å²) in [5.41, 5.74) is 1.30. The first kappa shape index (κ1) is 18.2. The minimum absolute atomic E-state index is 0.0817. The first-order chi connectivity index (χ1) is 12.3. The fourth-order valence-corrected chi connectivity index (χ4v) is 3.77. The Bertz CT molecular complexity index is 523. The van der Waals surface area contributed by atoms with E-state index < -0.39 is 0 Å². The normalized spacial score (nSPS) is 22.8. The van der Waals surface area contributed by atoms with Crippen LogP contribution in [-0.4, -0.2) is 68.3 Å². The molecule has 0 saturated carbocycles. The summed E-state index contributed by atoms with van der Waals surface area (Å²) in [5.74, 6) is 1.06. The van der Waals surface area contributed by atoms with Crippen molar-refractivity contribution in [2.75, 3.05) is 52.5 Å². The summed E-state index contributed by atoms with van der Waals surface area (Å²) >= 11 is 0. The summed E-state index contributed by atoms with van der Waals surface area (Å²) in [5, 5.41) is 3.14. The quantitative estimate of drug-likeness (QED) is 0.862. The standard InChI is InChI=1S/C20H31N3O2/c1-2-18(19-6-4-3-5-7-19)14-21-20(24)23-11-9-22(10-12-23)15-17-8-13-25-16-17/h3-7,17-18H,2,8-16H2,1H3,(H,21,24)/t17-,18+/m1/s1. The highest BCUT2D eigenvalue weighted by Crippen LogP contribution is 2.18. The van der Waals surface area contributed by atoms with Gasteiger partial charge in [-0.3, -0.25) is 4.90 Å². The van der Waals surface area contributed by atoms with Gasteiger partial charge >= 0.3 is 6.03 Å². The second-order valence-corrected chi connectivity index (χ2v) is 7.22. The molecule has 25 heavy (non-hydrogen) atoms. The van der Waals surface area contributed by atoms with E-state index >= 15 is 0 Å². The Morgan fingerprint density at radius 3 is 2.64 bits per heavy atom. The van der Waals surface area contributed by atoms with E-state index in [-0.39, 0.29) is 6.03 Å². The number of benzene rings is 1. The molecular formula is C20H31N3O2. The third-order valence-corrected chi connectivity index (χ3v) is 5.46. The Kier molecular flexibility index (Phi) is 6.70. The molecule has 2 fully saturated rings. The molecule has 0 unspecified atom stereocenters. The minimum Gasteiger partial charge on any atom is -0.381 e. The highest BCUT2D eigenvalue weighted by atomic mass is 16.5. The van der Waals surface area contributed by atoms with Crippen LogP contribution < -0.4 is 5.32 Å². The number of rotatable bonds is 6. The number of nitrogens with zero attached hydrogens (tertiary/aromatic N) is 2. The van der Waals surface area contributed by atoms with Gasteiger partial charge in [-0.2, -0.15) is 0 Å². The third-order valence-electron chi connectivity index (χ3n) is 5.46. The van der Waals surface area contributed by atoms with Crippen LogP contribution in [0.25, 0.3) is 0 Å². The van der Waals surface area contributed by atoms with Crippen molar-refractivity contribution in [1.82, 2.24) is 15.1 Å². The Balaban J connectivity index is 1.40. The number of carbonyl (C=O) groups is 1. The summed E-state index contributed by atoms with van der Waals surface area (Å²) < 4.78 is 5.46. The van der Waals surface area contributed by atoms with Crippen LogP contribution in [0.4, 0.5) is 4.79 Å². The van der Waals surface area contributed by atoms with Crippen molar-refractivity contribution in [3.8, 4) is 0 Å². The molecule has 2 atom stereocenters. The van der Waals surface area contributed by atoms with Gasteiger partial charge in [-0.05, 0) is 24.3 Å². The van der Waals surface area contributed by atoms with E-state index in [1.807, 2.05) is 11.0 Å². The molecular weight excluding hydrogens is 314 g/mol. The highest BCUT2D eigenvalue weighted by molar-refractivity contribution is 5.74. The molecule has 2 heterocycles. The zero-order valence-corrected chi connectivity index (χ0v) is 15.3. The molecule has 5 heteroatoms. The molecule has 0 bridgehead atoms. The smallest absolute Gasteiger partial charge is 0.317 e. The molecule has 2 amide bonds. The number of urea groups is 1. The van der Waals surface area contributed by atoms with Crippen molar-refractivity contribution >= 4 is 6.03 Å². The maximum absolute atomic E-state index is 12.5. The summed E-state index contributed by atoms with van der Waals surface area (Å²) in [6, 6.07) is 10.5. The molecule has 0 aromatic heterocycles. The van der Waals surface area contributed by atoms with E-state index in [0.717, 1.165) is 52.4 Å². The van der Waals surface area contributed by atoms with Crippen molar-refractivity contribution in [2.24, 2.45) is 5.92 Å². The van der Waals surface area contributed by atoms with Gasteiger partial charge in [0, 0.05) is 51.8 Å². The molecule has 5 nitrogen and oxygen atoms in total. The van der Waals surface area contributed by atoms with Crippen LogP contribution in [0.1, 0.15) is 31.2 Å². The van der Waals surface area contributed by atoms with Crippen LogP contribution in [0.3, 0.4) is 0 Å². The fourth-order valence-electron chi connectivity index (χ4n) is 3.77. The molecule has 0 radical (unpaired) electrons. The lowest BCUT2D eigenvalue weighted by molar-refractivity contribution is 0.119. The number of piperazine rings is 1. The Hall–Kier alpha value is -1.59. The predicted octanol–water partition coefficient (Wildman–Crippen LogP) is 2.54. The molecule has 3 rings (SSSR count). The van der Waals surface area contributed by atoms with Gasteiger partial charge in [-0.1, -0.05) is 37.3 Å². The molecule has 0 spiro atoms. The fraction of sp³-hybridized carbons (Fsp3) is 0.650. The van der Waals surface area contributed by atoms with Crippen LogP contribution in [-0.2, 0) is 4.74 Å². The Morgan fingerprint density at radius 1 is 1.24 bits per heavy atom. The van der Waals surface area contributed by atoms with Crippen molar-refractivity contribution in [3.05, 3.63) is 35.9 Å². The molecule has 0 aliphatic carbocycles. The van der Waals surface area contributed by atoms with Gasteiger partial charge < -0.3 is 15.0 Å². The molecule has 1 N–H and O–H groups in total. The minimum atomic E-state index is 0.0817. The van der Waals surface area contributed by atoms with E-state index in [1.54, 1.807) is 0 Å². The lowest BCUT2D eigenvalue weighted by atomic mass is 9.97. The SMILES string of the molecule is CC[C@@H](CNC(=O)N1CCN(C[C@H]2CCOC2)CC1)c1ccccc1. The maximum atomic E-state index is 12.5. The molecule has 1 aromatic rings. The maximum Gasteiger partial charge on any atom is 0.317 e. The van der Waals surface area contributed by atoms with Crippen LogP contribution in [0.2, 0.25) is 0 Å². The van der Waals surface area contributed by atoms with Gasteiger partial charge in [-0.15, -0.1) is 0 Å². The van der Waals surface area contributed by atoms with Crippen LogP contribution in [0, 0.1) is 5.92 Å². The summed E-state index contributed by atoms with van der Waals surface area (Å²) in [7, 11) is 0. The van der Waals surface area contributed by atoms with Gasteiger partial charge in [-0.25, -0.2) is 4.79 Å². The van der Waals surface area contributed by atoms with Crippen molar-refractivity contribution in [3.63, 3.8) is 0 Å². The molecule has 1 aromatic carbocycles. The topological polar surface area (TPSA) is 44.8 Å². The van der Waals surface area contributed by atoms with E-state index in [0.29, 0.717) is 18.4 Å². The molecule has 2 aliphatic rings. The monoisotopic (exact) mass is 345 g/mol. The number of carbonyl (C=O) groups excluding carboxylic acids is 1. The van der Waals surface area contributed by atoms with Gasteiger partial charge in [0.1, 0.15) is 0 Å². The zero-order valence-electron chi connectivity index (χ0n) is 15.3. The number of hydrogen-bond donors (Lipinski definition) is 1. The van der Waals surface area contributed by atoms with Crippen molar-refractivity contribution in [1.29, 1.82) is 0 Å². The summed E-state index contributed by atoms with van der Waals surface area (Å²) in [6.07, 6.45) is 2.21. The van der Waals surface area contributed by atoms with E-state index in [1.165, 1.54) is 12.0 Å². The summed E-state index contributed by atoms with van der Waals surface area (Å²) in [6.45, 7) is 9.39. The van der Waals surface area contributed by atoms with E-state index in [2.05, 4.69) is 41.4 Å². The van der Waals surface area contributed by atoms with Crippen LogP contribution in [0.15, 0.2) is 30.3 Å². The van der Waals surface area contributed by atoms with Crippen LogP contribution in [0.5, 0.6) is 0 Å². The van der Waals surface area contributed by atoms with Crippen LogP contribution >= 0.6 is 0 Å². The largest absolute Gasteiger partial charge is 0.381 e. The number of hydrogen-bond acceptors (Lipinski definition) is 3. The van der Waals surface area contributed by atoms with E-state index in [9.17, 15) is 4.79 Å². The molecule has 138 valence electrons. The van der Waals surface area contributed by atoms with Crippen molar-refractivity contribution in [2.45, 2.75) is 25.7 Å². The molecule has 2 aliphatic heterocycles. The average molecular weight is 345 g/mol. The summed E-state index contributed by atoms with van der Waals surface area (Å²) in [4.78, 5) is 16.9. The van der Waals surface area contributed by atoms with Gasteiger partial charge in [0.15, 0.2) is 0 Å². The van der Waals surface area contributed by atoms with Gasteiger partial charge in [0.05, 0.1) is 6.61 Å². The predicted molar refractivity (Wildman–Crippen MR) is 99.8 cm³/mol. The number of ether oxygens (including phenoxy) is 1. The second-order valence-electron chi connectivity index (χ2n) is 7.22. The lowest BCUT2D eigenvalue weighted by Gasteiger charge is -2.36. The lowest BCUT2D eigenvalue weighted by Crippen LogP contribution is -2.52. The first-order valence-corrected chi connectivity index (χ1v) is 9.64. The average Bonchev–Trinajstić information content (AvgIpc) is 3.16. The molecule has 2 saturated heterocycles. The second kappa shape index (κ2) is 9.20. The zero-order chi connectivity index (χ0) is 17.5. The van der Waals surface area contributed by atoms with Gasteiger partial charge in [0.25, 0.3) is 0 Å².